The van der Waals surface area contributed by atoms with Crippen LogP contribution in [0.3, 0.4) is 0 Å². The van der Waals surface area contributed by atoms with Crippen LogP contribution < -0.4 is 5.43 Å². The molecular weight excluding hydrogens is 226 g/mol. The summed E-state index contributed by atoms with van der Waals surface area (Å²) in [7, 11) is 0. The van der Waals surface area contributed by atoms with Crippen molar-refractivity contribution in [2.75, 3.05) is 0 Å². The van der Waals surface area contributed by atoms with Gasteiger partial charge in [0.2, 0.25) is 0 Å². The fourth-order valence-corrected chi connectivity index (χ4v) is 2.10. The molecule has 1 aliphatic heterocycles. The van der Waals surface area contributed by atoms with Crippen LogP contribution in [0, 0.1) is 0 Å². The Kier molecular flexibility index (Phi) is 2.68. The molecule has 2 N–H and O–H groups in total. The Morgan fingerprint density at radius 2 is 1.94 bits per heavy atom. The number of hydrogen-bond acceptors (Lipinski definition) is 4. The van der Waals surface area contributed by atoms with Gasteiger partial charge in [0, 0.05) is 18.2 Å². The second kappa shape index (κ2) is 4.49. The Hall–Kier alpha value is -2.36. The zero-order chi connectivity index (χ0) is 12.4. The molecule has 0 saturated heterocycles. The van der Waals surface area contributed by atoms with Crippen LogP contribution in [-0.4, -0.2) is 15.8 Å². The molecule has 0 bridgehead atoms. The SMILES string of the molecule is Oc1ccccc1C1CC(c2ccccn2)=NN1. The summed E-state index contributed by atoms with van der Waals surface area (Å²) in [4.78, 5) is 4.28. The van der Waals surface area contributed by atoms with Crippen molar-refractivity contribution < 1.29 is 5.11 Å². The molecule has 0 amide bonds. The predicted octanol–water partition coefficient (Wildman–Crippen LogP) is 2.23. The van der Waals surface area contributed by atoms with Gasteiger partial charge in [-0.05, 0) is 18.2 Å². The van der Waals surface area contributed by atoms with Crippen LogP contribution in [0.2, 0.25) is 0 Å². The fraction of sp³-hybridized carbons (Fsp3) is 0.143. The first kappa shape index (κ1) is 10.8. The van der Waals surface area contributed by atoms with Gasteiger partial charge in [-0.2, -0.15) is 5.10 Å². The molecule has 0 aliphatic carbocycles. The first-order valence-corrected chi connectivity index (χ1v) is 5.86. The van der Waals surface area contributed by atoms with E-state index in [9.17, 15) is 5.11 Å². The highest BCUT2D eigenvalue weighted by molar-refractivity contribution is 6.00. The summed E-state index contributed by atoms with van der Waals surface area (Å²) >= 11 is 0. The lowest BCUT2D eigenvalue weighted by molar-refractivity contribution is 0.455. The van der Waals surface area contributed by atoms with Gasteiger partial charge in [-0.25, -0.2) is 0 Å². The maximum atomic E-state index is 9.82. The molecule has 4 nitrogen and oxygen atoms in total. The van der Waals surface area contributed by atoms with E-state index >= 15 is 0 Å². The summed E-state index contributed by atoms with van der Waals surface area (Å²) < 4.78 is 0. The van der Waals surface area contributed by atoms with Gasteiger partial charge in [0.05, 0.1) is 17.4 Å². The van der Waals surface area contributed by atoms with Crippen LogP contribution >= 0.6 is 0 Å². The second-order valence-corrected chi connectivity index (χ2v) is 4.22. The Morgan fingerprint density at radius 3 is 2.72 bits per heavy atom. The monoisotopic (exact) mass is 239 g/mol. The lowest BCUT2D eigenvalue weighted by Crippen LogP contribution is -2.10. The Bertz CT molecular complexity index is 581. The molecule has 0 saturated carbocycles. The Balaban J connectivity index is 1.81. The number of aromatic hydroxyl groups is 1. The van der Waals surface area contributed by atoms with Crippen LogP contribution in [-0.2, 0) is 0 Å². The molecule has 1 aromatic carbocycles. The van der Waals surface area contributed by atoms with Crippen LogP contribution in [0.25, 0.3) is 0 Å². The van der Waals surface area contributed by atoms with Gasteiger partial charge < -0.3 is 10.5 Å². The average Bonchev–Trinajstić information content (AvgIpc) is 2.90. The smallest absolute Gasteiger partial charge is 0.120 e. The standard InChI is InChI=1S/C14H13N3O/c18-14-7-2-1-5-10(14)12-9-13(17-16-12)11-6-3-4-8-15-11/h1-8,12,16,18H,9H2. The lowest BCUT2D eigenvalue weighted by atomic mass is 10.0. The number of phenols is 1. The number of pyridine rings is 1. The molecule has 18 heavy (non-hydrogen) atoms. The van der Waals surface area contributed by atoms with Gasteiger partial charge in [0.25, 0.3) is 0 Å². The molecule has 1 aromatic heterocycles. The molecule has 4 heteroatoms. The molecule has 3 rings (SSSR count). The van der Waals surface area contributed by atoms with Crippen molar-refractivity contribution >= 4 is 5.71 Å². The Labute approximate surface area is 105 Å². The number of rotatable bonds is 2. The highest BCUT2D eigenvalue weighted by Crippen LogP contribution is 2.29. The third-order valence-corrected chi connectivity index (χ3v) is 3.03. The van der Waals surface area contributed by atoms with Crippen molar-refractivity contribution in [1.82, 2.24) is 10.4 Å². The number of nitrogens with zero attached hydrogens (tertiary/aromatic N) is 2. The van der Waals surface area contributed by atoms with Gasteiger partial charge in [0.15, 0.2) is 0 Å². The van der Waals surface area contributed by atoms with E-state index in [1.807, 2.05) is 36.4 Å². The van der Waals surface area contributed by atoms with E-state index in [2.05, 4.69) is 15.5 Å². The number of aromatic nitrogens is 1. The molecule has 2 heterocycles. The number of hydrogen-bond donors (Lipinski definition) is 2. The van der Waals surface area contributed by atoms with Crippen LogP contribution in [0.15, 0.2) is 53.8 Å². The van der Waals surface area contributed by atoms with Crippen molar-refractivity contribution in [3.63, 3.8) is 0 Å². The fourth-order valence-electron chi connectivity index (χ4n) is 2.10. The summed E-state index contributed by atoms with van der Waals surface area (Å²) in [6, 6.07) is 13.1. The Morgan fingerprint density at radius 1 is 1.11 bits per heavy atom. The largest absolute Gasteiger partial charge is 0.508 e. The summed E-state index contributed by atoms with van der Waals surface area (Å²) in [5.74, 6) is 0.299. The summed E-state index contributed by atoms with van der Waals surface area (Å²) in [6.07, 6.45) is 2.49. The van der Waals surface area contributed by atoms with E-state index in [-0.39, 0.29) is 6.04 Å². The minimum absolute atomic E-state index is 0.0169. The van der Waals surface area contributed by atoms with Crippen molar-refractivity contribution in [2.24, 2.45) is 5.10 Å². The zero-order valence-corrected chi connectivity index (χ0v) is 9.74. The van der Waals surface area contributed by atoms with E-state index in [1.54, 1.807) is 12.3 Å². The van der Waals surface area contributed by atoms with Gasteiger partial charge in [-0.3, -0.25) is 4.98 Å². The number of benzene rings is 1. The van der Waals surface area contributed by atoms with Gasteiger partial charge in [0.1, 0.15) is 5.75 Å². The second-order valence-electron chi connectivity index (χ2n) is 4.22. The van der Waals surface area contributed by atoms with Crippen molar-refractivity contribution in [3.05, 3.63) is 59.9 Å². The quantitative estimate of drug-likeness (QED) is 0.844. The van der Waals surface area contributed by atoms with Crippen molar-refractivity contribution in [3.8, 4) is 5.75 Å². The predicted molar refractivity (Wildman–Crippen MR) is 69.4 cm³/mol. The normalized spacial score (nSPS) is 18.2. The maximum Gasteiger partial charge on any atom is 0.120 e. The van der Waals surface area contributed by atoms with E-state index in [1.165, 1.54) is 0 Å². The van der Waals surface area contributed by atoms with E-state index < -0.39 is 0 Å². The minimum atomic E-state index is 0.0169. The molecule has 1 unspecified atom stereocenters. The first-order chi connectivity index (χ1) is 8.84. The molecule has 1 aliphatic rings. The number of phenolic OH excluding ortho intramolecular Hbond substituents is 1. The van der Waals surface area contributed by atoms with Gasteiger partial charge >= 0.3 is 0 Å². The summed E-state index contributed by atoms with van der Waals surface area (Å²) in [6.45, 7) is 0. The molecule has 0 radical (unpaired) electrons. The zero-order valence-electron chi connectivity index (χ0n) is 9.74. The summed E-state index contributed by atoms with van der Waals surface area (Å²) in [5, 5.41) is 14.1. The molecule has 0 spiro atoms. The molecule has 90 valence electrons. The lowest BCUT2D eigenvalue weighted by Gasteiger charge is -2.11. The topological polar surface area (TPSA) is 57.5 Å². The summed E-state index contributed by atoms with van der Waals surface area (Å²) in [5.41, 5.74) is 5.72. The molecule has 0 fully saturated rings. The number of nitrogens with one attached hydrogen (secondary N) is 1. The number of hydrazone groups is 1. The minimum Gasteiger partial charge on any atom is -0.508 e. The van der Waals surface area contributed by atoms with Crippen LogP contribution in [0.1, 0.15) is 23.7 Å². The van der Waals surface area contributed by atoms with Gasteiger partial charge in [-0.1, -0.05) is 24.3 Å². The third kappa shape index (κ3) is 1.93. The maximum absolute atomic E-state index is 9.82. The first-order valence-electron chi connectivity index (χ1n) is 5.86. The van der Waals surface area contributed by atoms with Gasteiger partial charge in [-0.15, -0.1) is 0 Å². The molecule has 2 aromatic rings. The van der Waals surface area contributed by atoms with E-state index in [0.29, 0.717) is 5.75 Å². The number of para-hydroxylation sites is 1. The molecule has 1 atom stereocenters. The van der Waals surface area contributed by atoms with Crippen molar-refractivity contribution in [2.45, 2.75) is 12.5 Å². The highest BCUT2D eigenvalue weighted by Gasteiger charge is 2.23. The van der Waals surface area contributed by atoms with Crippen LogP contribution in [0.5, 0.6) is 5.75 Å². The highest BCUT2D eigenvalue weighted by atomic mass is 16.3. The van der Waals surface area contributed by atoms with E-state index in [0.717, 1.165) is 23.4 Å². The van der Waals surface area contributed by atoms with Crippen LogP contribution in [0.4, 0.5) is 0 Å². The van der Waals surface area contributed by atoms with E-state index in [4.69, 9.17) is 0 Å². The van der Waals surface area contributed by atoms with Crippen molar-refractivity contribution in [1.29, 1.82) is 0 Å². The molecular formula is C14H13N3O. The third-order valence-electron chi connectivity index (χ3n) is 3.03. The average molecular weight is 239 g/mol.